The number of ether oxygens (including phenoxy) is 1. The average Bonchev–Trinajstić information content (AvgIpc) is 2.60. The van der Waals surface area contributed by atoms with Gasteiger partial charge in [-0.15, -0.1) is 0 Å². The number of allylic oxidation sites excluding steroid dienone is 1. The summed E-state index contributed by atoms with van der Waals surface area (Å²) >= 11 is 0. The van der Waals surface area contributed by atoms with Crippen molar-refractivity contribution < 1.29 is 26.9 Å². The van der Waals surface area contributed by atoms with E-state index in [4.69, 9.17) is 4.74 Å². The summed E-state index contributed by atoms with van der Waals surface area (Å²) in [5, 5.41) is 2.07. The maximum Gasteiger partial charge on any atom is 0.432 e. The van der Waals surface area contributed by atoms with Gasteiger partial charge >= 0.3 is 12.3 Å². The lowest BCUT2D eigenvalue weighted by atomic mass is 10.2. The van der Waals surface area contributed by atoms with Crippen LogP contribution in [-0.4, -0.2) is 16.5 Å². The molecule has 1 N–H and O–H groups in total. The fourth-order valence-corrected chi connectivity index (χ4v) is 2.83. The molecule has 138 valence electrons. The van der Waals surface area contributed by atoms with E-state index < -0.39 is 28.8 Å². The van der Waals surface area contributed by atoms with Crippen LogP contribution in [0.2, 0.25) is 0 Å². The third kappa shape index (κ3) is 6.03. The number of halogens is 3. The zero-order valence-corrected chi connectivity index (χ0v) is 14.6. The Morgan fingerprint density at radius 2 is 1.73 bits per heavy atom. The first kappa shape index (κ1) is 19.7. The molecular formula is C18H16F3NO3S. The molecular weight excluding hydrogens is 367 g/mol. The Balaban J connectivity index is 2.08. The normalized spacial score (nSPS) is 13.2. The average molecular weight is 383 g/mol. The summed E-state index contributed by atoms with van der Waals surface area (Å²) in [6.07, 6.45) is -6.16. The highest BCUT2D eigenvalue weighted by Gasteiger charge is 2.36. The third-order valence-corrected chi connectivity index (χ3v) is 4.42. The van der Waals surface area contributed by atoms with Crippen molar-refractivity contribution in [3.8, 4) is 0 Å². The second-order valence-corrected chi connectivity index (χ2v) is 6.63. The molecule has 4 nitrogen and oxygen atoms in total. The molecule has 0 aliphatic rings. The molecule has 0 spiro atoms. The molecule has 0 saturated carbocycles. The van der Waals surface area contributed by atoms with Gasteiger partial charge in [0.25, 0.3) is 0 Å². The van der Waals surface area contributed by atoms with E-state index in [-0.39, 0.29) is 11.5 Å². The number of hydrogen-bond donors (Lipinski definition) is 1. The second-order valence-electron chi connectivity index (χ2n) is 5.33. The van der Waals surface area contributed by atoms with Crippen LogP contribution in [0.3, 0.4) is 0 Å². The smallest absolute Gasteiger partial charge is 0.432 e. The van der Waals surface area contributed by atoms with Gasteiger partial charge in [0.05, 0.1) is 10.8 Å². The number of nitrogens with one attached hydrogen (secondary N) is 1. The molecule has 26 heavy (non-hydrogen) atoms. The van der Waals surface area contributed by atoms with E-state index in [1.807, 2.05) is 0 Å². The molecule has 8 heteroatoms. The quantitative estimate of drug-likeness (QED) is 0.831. The minimum absolute atomic E-state index is 0.182. The molecule has 1 atom stereocenters. The Hall–Kier alpha value is -2.61. The monoisotopic (exact) mass is 383 g/mol. The molecule has 0 bridgehead atoms. The number of aryl methyl sites for hydroxylation is 1. The van der Waals surface area contributed by atoms with Crippen LogP contribution in [-0.2, 0) is 22.1 Å². The maximum absolute atomic E-state index is 13.1. The number of carbonyl (C=O) groups is 1. The van der Waals surface area contributed by atoms with Crippen LogP contribution in [0.4, 0.5) is 18.0 Å². The Bertz CT molecular complexity index is 803. The van der Waals surface area contributed by atoms with Crippen molar-refractivity contribution in [1.82, 2.24) is 5.32 Å². The highest BCUT2D eigenvalue weighted by atomic mass is 32.2. The molecule has 0 aromatic heterocycles. The largest absolute Gasteiger partial charge is 0.444 e. The predicted octanol–water partition coefficient (Wildman–Crippen LogP) is 4.43. The van der Waals surface area contributed by atoms with Crippen molar-refractivity contribution in [2.45, 2.75) is 24.6 Å². The molecule has 2 aromatic rings. The van der Waals surface area contributed by atoms with Crippen LogP contribution in [0.5, 0.6) is 0 Å². The van der Waals surface area contributed by atoms with Gasteiger partial charge in [-0.1, -0.05) is 48.0 Å². The van der Waals surface area contributed by atoms with E-state index in [9.17, 15) is 22.2 Å². The van der Waals surface area contributed by atoms with Crippen LogP contribution in [0.25, 0.3) is 0 Å². The molecule has 0 radical (unpaired) electrons. The van der Waals surface area contributed by atoms with Gasteiger partial charge in [0.2, 0.25) is 0 Å². The number of hydrogen-bond acceptors (Lipinski definition) is 3. The predicted molar refractivity (Wildman–Crippen MR) is 91.5 cm³/mol. The van der Waals surface area contributed by atoms with E-state index >= 15 is 0 Å². The zero-order valence-electron chi connectivity index (χ0n) is 13.7. The molecule has 2 rings (SSSR count). The van der Waals surface area contributed by atoms with E-state index in [1.165, 1.54) is 12.1 Å². The molecule has 0 aliphatic carbocycles. The van der Waals surface area contributed by atoms with Crippen LogP contribution in [0, 0.1) is 6.92 Å². The van der Waals surface area contributed by atoms with Crippen molar-refractivity contribution in [1.29, 1.82) is 0 Å². The van der Waals surface area contributed by atoms with Crippen molar-refractivity contribution in [3.05, 3.63) is 76.8 Å². The second kappa shape index (κ2) is 8.66. The zero-order chi connectivity index (χ0) is 19.2. The molecule has 1 amide bonds. The lowest BCUT2D eigenvalue weighted by molar-refractivity contribution is -0.0960. The van der Waals surface area contributed by atoms with Gasteiger partial charge in [-0.25, -0.2) is 9.00 Å². The topological polar surface area (TPSA) is 55.4 Å². The highest BCUT2D eigenvalue weighted by Crippen LogP contribution is 2.25. The molecule has 0 fully saturated rings. The van der Waals surface area contributed by atoms with Gasteiger partial charge in [-0.2, -0.15) is 13.2 Å². The van der Waals surface area contributed by atoms with Crippen molar-refractivity contribution in [2.24, 2.45) is 0 Å². The molecule has 0 unspecified atom stereocenters. The van der Waals surface area contributed by atoms with Crippen molar-refractivity contribution in [2.75, 3.05) is 0 Å². The number of alkyl halides is 3. The minimum Gasteiger partial charge on any atom is -0.444 e. The fourth-order valence-electron chi connectivity index (χ4n) is 1.88. The van der Waals surface area contributed by atoms with Gasteiger partial charge in [0.1, 0.15) is 12.3 Å². The summed E-state index contributed by atoms with van der Waals surface area (Å²) < 4.78 is 56.2. The van der Waals surface area contributed by atoms with E-state index in [2.05, 4.69) is 0 Å². The van der Waals surface area contributed by atoms with Gasteiger partial charge in [0, 0.05) is 10.3 Å². The fraction of sp³-hybridized carbons (Fsp3) is 0.167. The number of amides is 1. The SMILES string of the molecule is Cc1ccc([S@](=O)/C=C(\NC(=O)OCc2ccccc2)C(F)(F)F)cc1. The van der Waals surface area contributed by atoms with Gasteiger partial charge in [0.15, 0.2) is 0 Å². The standard InChI is InChI=1S/C18H16F3NO3S/c1-13-7-9-15(10-8-13)26(24)12-16(18(19,20)21)22-17(23)25-11-14-5-3-2-4-6-14/h2-10,12H,11H2,1H3,(H,22,23)/b16-12-/t26-/m1/s1. The van der Waals surface area contributed by atoms with Gasteiger partial charge < -0.3 is 4.74 Å². The van der Waals surface area contributed by atoms with Crippen LogP contribution < -0.4 is 5.32 Å². The Labute approximate surface area is 151 Å². The summed E-state index contributed by atoms with van der Waals surface area (Å²) in [7, 11) is -2.08. The maximum atomic E-state index is 13.1. The van der Waals surface area contributed by atoms with Gasteiger partial charge in [-0.3, -0.25) is 5.32 Å². The molecule has 0 aliphatic heterocycles. The molecule has 0 saturated heterocycles. The van der Waals surface area contributed by atoms with Crippen LogP contribution >= 0.6 is 0 Å². The first-order chi connectivity index (χ1) is 12.3. The third-order valence-electron chi connectivity index (χ3n) is 3.23. The van der Waals surface area contributed by atoms with Crippen molar-refractivity contribution in [3.63, 3.8) is 0 Å². The summed E-state index contributed by atoms with van der Waals surface area (Å²) in [6, 6.07) is 14.7. The highest BCUT2D eigenvalue weighted by molar-refractivity contribution is 7.88. The van der Waals surface area contributed by atoms with Crippen LogP contribution in [0.1, 0.15) is 11.1 Å². The molecule has 2 aromatic carbocycles. The summed E-state index contributed by atoms with van der Waals surface area (Å²) in [6.45, 7) is 1.62. The lowest BCUT2D eigenvalue weighted by Gasteiger charge is -2.13. The molecule has 0 heterocycles. The van der Waals surface area contributed by atoms with E-state index in [1.54, 1.807) is 54.7 Å². The van der Waals surface area contributed by atoms with Crippen molar-refractivity contribution >= 4 is 16.9 Å². The number of rotatable bonds is 5. The first-order valence-electron chi connectivity index (χ1n) is 7.49. The number of carbonyl (C=O) groups excluding carboxylic acids is 1. The van der Waals surface area contributed by atoms with Gasteiger partial charge in [-0.05, 0) is 24.6 Å². The minimum atomic E-state index is -4.88. The van der Waals surface area contributed by atoms with Crippen LogP contribution in [0.15, 0.2) is 70.6 Å². The Morgan fingerprint density at radius 1 is 1.12 bits per heavy atom. The number of benzene rings is 2. The summed E-state index contributed by atoms with van der Waals surface area (Å²) in [5.74, 6) is 0. The van der Waals surface area contributed by atoms with E-state index in [0.29, 0.717) is 11.0 Å². The Morgan fingerprint density at radius 3 is 2.31 bits per heavy atom. The summed E-state index contributed by atoms with van der Waals surface area (Å²) in [4.78, 5) is 11.9. The number of alkyl carbamates (subject to hydrolysis) is 1. The summed E-state index contributed by atoms with van der Waals surface area (Å²) in [5.41, 5.74) is 0.0753. The lowest BCUT2D eigenvalue weighted by Crippen LogP contribution is -2.32. The Kier molecular flexibility index (Phi) is 6.57. The van der Waals surface area contributed by atoms with E-state index in [0.717, 1.165) is 5.56 Å². The first-order valence-corrected chi connectivity index (χ1v) is 8.71.